The molecule has 3 heteroatoms. The van der Waals surface area contributed by atoms with Crippen molar-refractivity contribution in [2.24, 2.45) is 0 Å². The van der Waals surface area contributed by atoms with Gasteiger partial charge in [0.1, 0.15) is 0 Å². The van der Waals surface area contributed by atoms with Gasteiger partial charge in [0.25, 0.3) is 0 Å². The van der Waals surface area contributed by atoms with Gasteiger partial charge in [0, 0.05) is 31.7 Å². The van der Waals surface area contributed by atoms with Crippen molar-refractivity contribution < 1.29 is 4.79 Å². The van der Waals surface area contributed by atoms with Crippen LogP contribution < -0.4 is 10.2 Å². The quantitative estimate of drug-likeness (QED) is 0.731. The molecule has 1 saturated heterocycles. The monoisotopic (exact) mass is 344 g/mol. The Balaban J connectivity index is 1.43. The lowest BCUT2D eigenvalue weighted by Crippen LogP contribution is -2.35. The smallest absolute Gasteiger partial charge is 0.226 e. The molecule has 1 amide bonds. The van der Waals surface area contributed by atoms with Crippen LogP contribution in [-0.4, -0.2) is 12.5 Å². The highest BCUT2D eigenvalue weighted by Gasteiger charge is 2.19. The number of hydrogen-bond acceptors (Lipinski definition) is 2. The van der Waals surface area contributed by atoms with Gasteiger partial charge >= 0.3 is 0 Å². The third kappa shape index (κ3) is 3.63. The zero-order chi connectivity index (χ0) is 17.8. The maximum absolute atomic E-state index is 12.1. The van der Waals surface area contributed by atoms with Crippen LogP contribution in [0.5, 0.6) is 0 Å². The molecule has 1 aliphatic heterocycles. The Morgan fingerprint density at radius 1 is 0.885 bits per heavy atom. The van der Waals surface area contributed by atoms with Crippen molar-refractivity contribution in [3.63, 3.8) is 0 Å². The number of nitrogens with one attached hydrogen (secondary N) is 1. The number of nitrogens with zero attached hydrogens (tertiary/aromatic N) is 1. The number of piperidine rings is 1. The Labute approximate surface area is 154 Å². The van der Waals surface area contributed by atoms with Crippen molar-refractivity contribution in [1.82, 2.24) is 5.32 Å². The molecule has 3 nitrogen and oxygen atoms in total. The second kappa shape index (κ2) is 7.71. The van der Waals surface area contributed by atoms with E-state index < -0.39 is 0 Å². The van der Waals surface area contributed by atoms with Gasteiger partial charge in [-0.3, -0.25) is 4.79 Å². The number of anilines is 1. The summed E-state index contributed by atoms with van der Waals surface area (Å²) in [6.07, 6.45) is 2.78. The van der Waals surface area contributed by atoms with E-state index in [1.165, 1.54) is 21.9 Å². The zero-order valence-electron chi connectivity index (χ0n) is 14.9. The van der Waals surface area contributed by atoms with Gasteiger partial charge in [-0.15, -0.1) is 0 Å². The molecular weight excluding hydrogens is 320 g/mol. The summed E-state index contributed by atoms with van der Waals surface area (Å²) in [5.74, 6) is 0.247. The van der Waals surface area contributed by atoms with E-state index in [1.807, 2.05) is 17.0 Å². The highest BCUT2D eigenvalue weighted by atomic mass is 16.2. The van der Waals surface area contributed by atoms with Crippen LogP contribution in [0, 0.1) is 0 Å². The lowest BCUT2D eigenvalue weighted by Gasteiger charge is -2.27. The summed E-state index contributed by atoms with van der Waals surface area (Å²) in [7, 11) is 0. The van der Waals surface area contributed by atoms with Crippen molar-refractivity contribution >= 4 is 22.4 Å². The molecule has 0 radical (unpaired) electrons. The highest BCUT2D eigenvalue weighted by Crippen LogP contribution is 2.22. The average molecular weight is 344 g/mol. The normalized spacial score (nSPS) is 14.8. The number of benzene rings is 3. The standard InChI is InChI=1S/C23H24N2O/c26-23-13-3-4-14-25(23)21-11-5-7-18(15-21)16-24-17-20-10-6-9-19-8-1-2-12-22(19)20/h1-2,5-12,15,24H,3-4,13-14,16-17H2. The van der Waals surface area contributed by atoms with E-state index in [1.54, 1.807) is 0 Å². The largest absolute Gasteiger partial charge is 0.312 e. The molecule has 1 fully saturated rings. The Kier molecular flexibility index (Phi) is 4.98. The fraction of sp³-hybridized carbons (Fsp3) is 0.261. The molecule has 1 aliphatic rings. The second-order valence-corrected chi connectivity index (χ2v) is 6.91. The number of hydrogen-bond donors (Lipinski definition) is 1. The molecule has 0 aromatic heterocycles. The molecule has 3 aromatic carbocycles. The first-order valence-corrected chi connectivity index (χ1v) is 9.38. The van der Waals surface area contributed by atoms with Crippen molar-refractivity contribution in [1.29, 1.82) is 0 Å². The molecule has 0 atom stereocenters. The van der Waals surface area contributed by atoms with E-state index in [4.69, 9.17) is 0 Å². The van der Waals surface area contributed by atoms with Gasteiger partial charge in [-0.1, -0.05) is 54.6 Å². The van der Waals surface area contributed by atoms with Crippen molar-refractivity contribution in [3.8, 4) is 0 Å². The summed E-state index contributed by atoms with van der Waals surface area (Å²) in [6, 6.07) is 23.3. The summed E-state index contributed by atoms with van der Waals surface area (Å²) in [4.78, 5) is 14.1. The summed E-state index contributed by atoms with van der Waals surface area (Å²) >= 11 is 0. The molecule has 0 aliphatic carbocycles. The molecule has 4 rings (SSSR count). The van der Waals surface area contributed by atoms with E-state index in [0.29, 0.717) is 6.42 Å². The van der Waals surface area contributed by atoms with Crippen molar-refractivity contribution in [3.05, 3.63) is 77.9 Å². The zero-order valence-corrected chi connectivity index (χ0v) is 14.9. The van der Waals surface area contributed by atoms with Crippen molar-refractivity contribution in [2.75, 3.05) is 11.4 Å². The van der Waals surface area contributed by atoms with Gasteiger partial charge in [0.15, 0.2) is 0 Å². The summed E-state index contributed by atoms with van der Waals surface area (Å²) < 4.78 is 0. The van der Waals surface area contributed by atoms with E-state index >= 15 is 0 Å². The van der Waals surface area contributed by atoms with Crippen LogP contribution in [-0.2, 0) is 17.9 Å². The Hall–Kier alpha value is -2.65. The van der Waals surface area contributed by atoms with Crippen LogP contribution >= 0.6 is 0 Å². The van der Waals surface area contributed by atoms with Crippen LogP contribution in [0.4, 0.5) is 5.69 Å². The summed E-state index contributed by atoms with van der Waals surface area (Å²) in [6.45, 7) is 2.46. The molecule has 132 valence electrons. The van der Waals surface area contributed by atoms with Gasteiger partial charge in [0.2, 0.25) is 5.91 Å². The SMILES string of the molecule is O=C1CCCCN1c1cccc(CNCc2cccc3ccccc23)c1. The Bertz CT molecular complexity index is 913. The number of carbonyl (C=O) groups is 1. The Morgan fingerprint density at radius 3 is 2.65 bits per heavy atom. The van der Waals surface area contributed by atoms with E-state index in [-0.39, 0.29) is 5.91 Å². The maximum Gasteiger partial charge on any atom is 0.226 e. The second-order valence-electron chi connectivity index (χ2n) is 6.91. The van der Waals surface area contributed by atoms with Crippen LogP contribution in [0.3, 0.4) is 0 Å². The summed E-state index contributed by atoms with van der Waals surface area (Å²) in [5, 5.41) is 6.12. The first kappa shape index (κ1) is 16.8. The molecule has 0 spiro atoms. The fourth-order valence-electron chi connectivity index (χ4n) is 3.70. The molecule has 0 bridgehead atoms. The highest BCUT2D eigenvalue weighted by molar-refractivity contribution is 5.94. The average Bonchev–Trinajstić information content (AvgIpc) is 2.69. The third-order valence-electron chi connectivity index (χ3n) is 5.07. The molecule has 1 heterocycles. The maximum atomic E-state index is 12.1. The van der Waals surface area contributed by atoms with E-state index in [9.17, 15) is 4.79 Å². The third-order valence-corrected chi connectivity index (χ3v) is 5.07. The van der Waals surface area contributed by atoms with Gasteiger partial charge in [-0.05, 0) is 46.9 Å². The van der Waals surface area contributed by atoms with Crippen molar-refractivity contribution in [2.45, 2.75) is 32.4 Å². The topological polar surface area (TPSA) is 32.3 Å². The van der Waals surface area contributed by atoms with E-state index in [2.05, 4.69) is 59.9 Å². The number of rotatable bonds is 5. The molecule has 3 aromatic rings. The molecule has 1 N–H and O–H groups in total. The molecule has 26 heavy (non-hydrogen) atoms. The minimum Gasteiger partial charge on any atom is -0.312 e. The van der Waals surface area contributed by atoms with Crippen LogP contribution in [0.2, 0.25) is 0 Å². The molecular formula is C23H24N2O. The number of fused-ring (bicyclic) bond motifs is 1. The predicted octanol–water partition coefficient (Wildman–Crippen LogP) is 4.65. The first-order chi connectivity index (χ1) is 12.8. The lowest BCUT2D eigenvalue weighted by atomic mass is 10.0. The molecule has 0 unspecified atom stereocenters. The summed E-state index contributed by atoms with van der Waals surface area (Å²) in [5.41, 5.74) is 3.55. The first-order valence-electron chi connectivity index (χ1n) is 9.38. The van der Waals surface area contributed by atoms with Crippen LogP contribution in [0.15, 0.2) is 66.7 Å². The van der Waals surface area contributed by atoms with E-state index in [0.717, 1.165) is 38.2 Å². The van der Waals surface area contributed by atoms with Crippen LogP contribution in [0.25, 0.3) is 10.8 Å². The number of carbonyl (C=O) groups excluding carboxylic acids is 1. The number of amides is 1. The molecule has 0 saturated carbocycles. The fourth-order valence-corrected chi connectivity index (χ4v) is 3.70. The predicted molar refractivity (Wildman–Crippen MR) is 107 cm³/mol. The van der Waals surface area contributed by atoms with Gasteiger partial charge in [-0.25, -0.2) is 0 Å². The van der Waals surface area contributed by atoms with Gasteiger partial charge < -0.3 is 10.2 Å². The minimum absolute atomic E-state index is 0.247. The minimum atomic E-state index is 0.247. The Morgan fingerprint density at radius 2 is 1.73 bits per heavy atom. The van der Waals surface area contributed by atoms with Gasteiger partial charge in [0.05, 0.1) is 0 Å². The van der Waals surface area contributed by atoms with Gasteiger partial charge in [-0.2, -0.15) is 0 Å². The lowest BCUT2D eigenvalue weighted by molar-refractivity contribution is -0.119. The van der Waals surface area contributed by atoms with Crippen LogP contribution in [0.1, 0.15) is 30.4 Å².